The Bertz CT molecular complexity index is 642. The molecule has 1 aromatic carbocycles. The number of hydrogen-bond acceptors (Lipinski definition) is 4. The second kappa shape index (κ2) is 5.46. The van der Waals surface area contributed by atoms with Crippen molar-refractivity contribution >= 4 is 11.8 Å². The van der Waals surface area contributed by atoms with E-state index in [9.17, 15) is 4.79 Å². The van der Waals surface area contributed by atoms with Gasteiger partial charge >= 0.3 is 5.69 Å². The van der Waals surface area contributed by atoms with Crippen molar-refractivity contribution in [3.63, 3.8) is 0 Å². The second-order valence-electron chi connectivity index (χ2n) is 5.10. The van der Waals surface area contributed by atoms with Crippen LogP contribution in [0.15, 0.2) is 39.1 Å². The van der Waals surface area contributed by atoms with Crippen molar-refractivity contribution in [3.8, 4) is 0 Å². The molecule has 5 nitrogen and oxygen atoms in total. The summed E-state index contributed by atoms with van der Waals surface area (Å²) in [4.78, 5) is 12.8. The number of aromatic amines is 1. The number of hydrogen-bond donors (Lipinski definition) is 2. The SMILES string of the molecule is CCC(N)c1ccc(Sc2n[nH]c(=O)n2C2CC2)cc1. The summed E-state index contributed by atoms with van der Waals surface area (Å²) in [6.45, 7) is 2.07. The van der Waals surface area contributed by atoms with E-state index in [1.165, 1.54) is 11.8 Å². The van der Waals surface area contributed by atoms with E-state index in [0.717, 1.165) is 34.9 Å². The number of H-pyrrole nitrogens is 1. The molecule has 0 radical (unpaired) electrons. The number of nitrogens with zero attached hydrogens (tertiary/aromatic N) is 2. The van der Waals surface area contributed by atoms with E-state index in [0.29, 0.717) is 6.04 Å². The minimum absolute atomic E-state index is 0.0871. The predicted molar refractivity (Wildman–Crippen MR) is 78.9 cm³/mol. The third-order valence-electron chi connectivity index (χ3n) is 3.54. The summed E-state index contributed by atoms with van der Waals surface area (Å²) >= 11 is 1.51. The number of nitrogens with one attached hydrogen (secondary N) is 1. The zero-order chi connectivity index (χ0) is 14.1. The molecular formula is C14H18N4OS. The minimum atomic E-state index is -0.111. The minimum Gasteiger partial charge on any atom is -0.324 e. The van der Waals surface area contributed by atoms with Gasteiger partial charge in [-0.05, 0) is 48.7 Å². The van der Waals surface area contributed by atoms with Crippen molar-refractivity contribution < 1.29 is 0 Å². The molecule has 0 aliphatic heterocycles. The molecule has 1 aliphatic rings. The van der Waals surface area contributed by atoms with Crippen LogP contribution in [0.4, 0.5) is 0 Å². The zero-order valence-electron chi connectivity index (χ0n) is 11.4. The van der Waals surface area contributed by atoms with Gasteiger partial charge in [0.25, 0.3) is 0 Å². The van der Waals surface area contributed by atoms with Crippen LogP contribution < -0.4 is 11.4 Å². The van der Waals surface area contributed by atoms with Crippen molar-refractivity contribution in [1.29, 1.82) is 0 Å². The maximum Gasteiger partial charge on any atom is 0.344 e. The first-order valence-corrected chi connectivity index (χ1v) is 7.71. The van der Waals surface area contributed by atoms with Crippen LogP contribution in [0.2, 0.25) is 0 Å². The Balaban J connectivity index is 1.79. The van der Waals surface area contributed by atoms with Gasteiger partial charge in [0.05, 0.1) is 0 Å². The standard InChI is InChI=1S/C14H18N4OS/c1-2-12(15)9-3-7-11(8-4-9)20-14-17-16-13(19)18(14)10-5-6-10/h3-4,7-8,10,12H,2,5-6,15H2,1H3,(H,16,19). The van der Waals surface area contributed by atoms with Crippen LogP contribution in [0.5, 0.6) is 0 Å². The molecule has 0 amide bonds. The third-order valence-corrected chi connectivity index (χ3v) is 4.52. The quantitative estimate of drug-likeness (QED) is 0.887. The molecule has 1 atom stereocenters. The van der Waals surface area contributed by atoms with Crippen LogP contribution in [0.25, 0.3) is 0 Å². The molecule has 20 heavy (non-hydrogen) atoms. The Labute approximate surface area is 121 Å². The van der Waals surface area contributed by atoms with Gasteiger partial charge in [-0.2, -0.15) is 0 Å². The van der Waals surface area contributed by atoms with Crippen LogP contribution in [0, 0.1) is 0 Å². The van der Waals surface area contributed by atoms with E-state index in [-0.39, 0.29) is 11.7 Å². The average Bonchev–Trinajstić information content (AvgIpc) is 3.24. The van der Waals surface area contributed by atoms with Gasteiger partial charge in [-0.15, -0.1) is 5.10 Å². The van der Waals surface area contributed by atoms with E-state index in [2.05, 4.69) is 17.1 Å². The molecule has 1 heterocycles. The monoisotopic (exact) mass is 290 g/mol. The lowest BCUT2D eigenvalue weighted by Crippen LogP contribution is -2.15. The maximum atomic E-state index is 11.7. The summed E-state index contributed by atoms with van der Waals surface area (Å²) in [5.74, 6) is 0. The molecule has 6 heteroatoms. The number of aromatic nitrogens is 3. The van der Waals surface area contributed by atoms with Gasteiger partial charge in [-0.3, -0.25) is 4.57 Å². The largest absolute Gasteiger partial charge is 0.344 e. The fourth-order valence-electron chi connectivity index (χ4n) is 2.14. The van der Waals surface area contributed by atoms with E-state index in [1.807, 2.05) is 24.3 Å². The summed E-state index contributed by atoms with van der Waals surface area (Å²) in [5.41, 5.74) is 7.03. The first kappa shape index (κ1) is 13.5. The zero-order valence-corrected chi connectivity index (χ0v) is 12.2. The molecule has 0 bridgehead atoms. The number of nitrogens with two attached hydrogens (primary N) is 1. The Morgan fingerprint density at radius 2 is 2.15 bits per heavy atom. The Hall–Kier alpha value is -1.53. The highest BCUT2D eigenvalue weighted by Gasteiger charge is 2.28. The molecule has 106 valence electrons. The van der Waals surface area contributed by atoms with E-state index in [1.54, 1.807) is 4.57 Å². The maximum absolute atomic E-state index is 11.7. The Kier molecular flexibility index (Phi) is 3.67. The van der Waals surface area contributed by atoms with Crippen molar-refractivity contribution in [1.82, 2.24) is 14.8 Å². The highest BCUT2D eigenvalue weighted by Crippen LogP contribution is 2.37. The van der Waals surface area contributed by atoms with Crippen LogP contribution >= 0.6 is 11.8 Å². The van der Waals surface area contributed by atoms with Crippen molar-refractivity contribution in [3.05, 3.63) is 40.3 Å². The van der Waals surface area contributed by atoms with E-state index in [4.69, 9.17) is 5.73 Å². The van der Waals surface area contributed by atoms with Crippen molar-refractivity contribution in [2.24, 2.45) is 5.73 Å². The molecule has 1 unspecified atom stereocenters. The van der Waals surface area contributed by atoms with Gasteiger partial charge in [0.2, 0.25) is 0 Å². The fourth-order valence-corrected chi connectivity index (χ4v) is 3.05. The lowest BCUT2D eigenvalue weighted by molar-refractivity contribution is 0.642. The van der Waals surface area contributed by atoms with E-state index >= 15 is 0 Å². The van der Waals surface area contributed by atoms with Crippen molar-refractivity contribution in [2.45, 2.75) is 48.3 Å². The molecule has 1 aromatic heterocycles. The Morgan fingerprint density at radius 3 is 2.75 bits per heavy atom. The molecule has 1 aliphatic carbocycles. The van der Waals surface area contributed by atoms with Crippen molar-refractivity contribution in [2.75, 3.05) is 0 Å². The van der Waals surface area contributed by atoms with Gasteiger partial charge in [-0.25, -0.2) is 9.89 Å². The van der Waals surface area contributed by atoms with E-state index < -0.39 is 0 Å². The summed E-state index contributed by atoms with van der Waals surface area (Å²) in [7, 11) is 0. The second-order valence-corrected chi connectivity index (χ2v) is 6.14. The first-order valence-electron chi connectivity index (χ1n) is 6.89. The molecule has 1 saturated carbocycles. The summed E-state index contributed by atoms with van der Waals surface area (Å²) in [6, 6.07) is 8.57. The van der Waals surface area contributed by atoms with Crippen LogP contribution in [-0.4, -0.2) is 14.8 Å². The predicted octanol–water partition coefficient (Wildman–Crippen LogP) is 2.47. The number of benzene rings is 1. The van der Waals surface area contributed by atoms with Gasteiger partial charge in [-0.1, -0.05) is 19.1 Å². The Morgan fingerprint density at radius 1 is 1.45 bits per heavy atom. The van der Waals surface area contributed by atoms with Crippen LogP contribution in [-0.2, 0) is 0 Å². The molecule has 1 fully saturated rings. The summed E-state index contributed by atoms with van der Waals surface area (Å²) in [6.07, 6.45) is 3.06. The molecular weight excluding hydrogens is 272 g/mol. The molecule has 3 rings (SSSR count). The topological polar surface area (TPSA) is 76.7 Å². The lowest BCUT2D eigenvalue weighted by Gasteiger charge is -2.09. The highest BCUT2D eigenvalue weighted by molar-refractivity contribution is 7.99. The molecule has 3 N–H and O–H groups in total. The normalized spacial score (nSPS) is 16.3. The van der Waals surface area contributed by atoms with Gasteiger partial charge in [0, 0.05) is 17.0 Å². The summed E-state index contributed by atoms with van der Waals surface area (Å²) < 4.78 is 1.76. The number of rotatable bonds is 5. The fraction of sp³-hybridized carbons (Fsp3) is 0.429. The first-order chi connectivity index (χ1) is 9.69. The van der Waals surface area contributed by atoms with Gasteiger partial charge < -0.3 is 5.73 Å². The van der Waals surface area contributed by atoms with Crippen LogP contribution in [0.1, 0.15) is 43.8 Å². The van der Waals surface area contributed by atoms with Gasteiger partial charge in [0.15, 0.2) is 5.16 Å². The highest BCUT2D eigenvalue weighted by atomic mass is 32.2. The van der Waals surface area contributed by atoms with Gasteiger partial charge in [0.1, 0.15) is 0 Å². The molecule has 2 aromatic rings. The molecule has 0 spiro atoms. The third kappa shape index (κ3) is 2.66. The smallest absolute Gasteiger partial charge is 0.324 e. The molecule has 0 saturated heterocycles. The average molecular weight is 290 g/mol. The lowest BCUT2D eigenvalue weighted by atomic mass is 10.1. The summed E-state index contributed by atoms with van der Waals surface area (Å²) in [5, 5.41) is 7.38. The van der Waals surface area contributed by atoms with Crippen LogP contribution in [0.3, 0.4) is 0 Å².